The van der Waals surface area contributed by atoms with Crippen molar-refractivity contribution in [2.75, 3.05) is 11.5 Å². The number of ether oxygens (including phenoxy) is 1. The fourth-order valence-corrected chi connectivity index (χ4v) is 3.52. The van der Waals surface area contributed by atoms with E-state index >= 15 is 0 Å². The van der Waals surface area contributed by atoms with E-state index in [0.29, 0.717) is 10.9 Å². The summed E-state index contributed by atoms with van der Waals surface area (Å²) in [6.07, 6.45) is 7.96. The van der Waals surface area contributed by atoms with Crippen LogP contribution in [0.2, 0.25) is 0 Å². The molecular formula is C14H30OS2. The van der Waals surface area contributed by atoms with Crippen LogP contribution < -0.4 is 0 Å². The largest absolute Gasteiger partial charge is 0.354 e. The Morgan fingerprint density at radius 3 is 1.53 bits per heavy atom. The van der Waals surface area contributed by atoms with Gasteiger partial charge in [-0.25, -0.2) is 0 Å². The molecule has 0 amide bonds. The van der Waals surface area contributed by atoms with Crippen LogP contribution in [0.1, 0.15) is 66.2 Å². The van der Waals surface area contributed by atoms with E-state index in [-0.39, 0.29) is 0 Å². The van der Waals surface area contributed by atoms with Crippen LogP contribution in [0.15, 0.2) is 0 Å². The third-order valence-corrected chi connectivity index (χ3v) is 4.79. The molecule has 104 valence electrons. The minimum Gasteiger partial charge on any atom is -0.354 e. The minimum absolute atomic E-state index is 0.348. The maximum absolute atomic E-state index is 5.94. The van der Waals surface area contributed by atoms with Crippen molar-refractivity contribution in [2.24, 2.45) is 0 Å². The van der Waals surface area contributed by atoms with Crippen LogP contribution >= 0.6 is 23.5 Å². The third-order valence-electron chi connectivity index (χ3n) is 2.58. The molecule has 0 bridgehead atoms. The lowest BCUT2D eigenvalue weighted by Gasteiger charge is -2.18. The molecule has 0 aromatic rings. The first kappa shape index (κ1) is 17.7. The Labute approximate surface area is 117 Å². The molecule has 0 fully saturated rings. The zero-order valence-corrected chi connectivity index (χ0v) is 13.7. The first-order chi connectivity index (χ1) is 8.20. The molecule has 0 saturated carbocycles. The summed E-state index contributed by atoms with van der Waals surface area (Å²) in [5, 5.41) is 0. The van der Waals surface area contributed by atoms with Gasteiger partial charge < -0.3 is 4.74 Å². The average molecular weight is 279 g/mol. The zero-order valence-electron chi connectivity index (χ0n) is 12.0. The molecule has 2 atom stereocenters. The molecule has 0 aromatic carbocycles. The van der Waals surface area contributed by atoms with Gasteiger partial charge in [0.25, 0.3) is 0 Å². The molecule has 0 N–H and O–H groups in total. The van der Waals surface area contributed by atoms with Crippen LogP contribution in [-0.4, -0.2) is 22.4 Å². The smallest absolute Gasteiger partial charge is 0.101 e. The highest BCUT2D eigenvalue weighted by atomic mass is 32.2. The molecule has 0 aliphatic carbocycles. The van der Waals surface area contributed by atoms with Crippen LogP contribution in [0.25, 0.3) is 0 Å². The summed E-state index contributed by atoms with van der Waals surface area (Å²) in [4.78, 5) is 0. The maximum Gasteiger partial charge on any atom is 0.101 e. The van der Waals surface area contributed by atoms with Crippen LogP contribution in [0.3, 0.4) is 0 Å². The highest BCUT2D eigenvalue weighted by Crippen LogP contribution is 2.21. The van der Waals surface area contributed by atoms with E-state index in [1.165, 1.54) is 50.0 Å². The molecule has 17 heavy (non-hydrogen) atoms. The van der Waals surface area contributed by atoms with Crippen molar-refractivity contribution in [2.45, 2.75) is 77.1 Å². The summed E-state index contributed by atoms with van der Waals surface area (Å²) in [5.74, 6) is 2.48. The number of hydrogen-bond donors (Lipinski definition) is 0. The standard InChI is InChI=1S/C14H30OS2/c1-5-7-9-11-16-13(3)15-14(4)17-12-10-8-6-2/h13-14H,5-12H2,1-4H3. The quantitative estimate of drug-likeness (QED) is 0.342. The lowest BCUT2D eigenvalue weighted by Crippen LogP contribution is -2.12. The summed E-state index contributed by atoms with van der Waals surface area (Å²) in [7, 11) is 0. The number of rotatable bonds is 12. The van der Waals surface area contributed by atoms with E-state index < -0.39 is 0 Å². The van der Waals surface area contributed by atoms with Gasteiger partial charge in [-0.3, -0.25) is 0 Å². The second-order valence-electron chi connectivity index (χ2n) is 4.43. The number of hydrogen-bond acceptors (Lipinski definition) is 3. The van der Waals surface area contributed by atoms with Crippen LogP contribution in [0.5, 0.6) is 0 Å². The maximum atomic E-state index is 5.94. The van der Waals surface area contributed by atoms with E-state index in [0.717, 1.165) is 0 Å². The lowest BCUT2D eigenvalue weighted by molar-refractivity contribution is 0.114. The van der Waals surface area contributed by atoms with Crippen molar-refractivity contribution >= 4 is 23.5 Å². The SMILES string of the molecule is CCCCCSC(C)OC(C)SCCCCC. The summed E-state index contributed by atoms with van der Waals surface area (Å²) in [6.45, 7) is 8.86. The van der Waals surface area contributed by atoms with Crippen LogP contribution in [0.4, 0.5) is 0 Å². The van der Waals surface area contributed by atoms with Gasteiger partial charge in [0.2, 0.25) is 0 Å². The fourth-order valence-electron chi connectivity index (χ4n) is 1.55. The van der Waals surface area contributed by atoms with Gasteiger partial charge in [0, 0.05) is 0 Å². The van der Waals surface area contributed by atoms with Gasteiger partial charge in [-0.05, 0) is 38.2 Å². The van der Waals surface area contributed by atoms with Crippen molar-refractivity contribution in [3.8, 4) is 0 Å². The van der Waals surface area contributed by atoms with Crippen molar-refractivity contribution in [3.63, 3.8) is 0 Å². The molecule has 0 rings (SSSR count). The summed E-state index contributed by atoms with van der Waals surface area (Å²) >= 11 is 3.91. The van der Waals surface area contributed by atoms with Crippen molar-refractivity contribution in [1.29, 1.82) is 0 Å². The van der Waals surface area contributed by atoms with Gasteiger partial charge in [-0.15, -0.1) is 23.5 Å². The molecule has 1 nitrogen and oxygen atoms in total. The average Bonchev–Trinajstić information content (AvgIpc) is 2.30. The first-order valence-electron chi connectivity index (χ1n) is 7.09. The van der Waals surface area contributed by atoms with Gasteiger partial charge in [0.15, 0.2) is 0 Å². The Hall–Kier alpha value is 0.660. The Morgan fingerprint density at radius 2 is 1.18 bits per heavy atom. The molecule has 0 aliphatic heterocycles. The van der Waals surface area contributed by atoms with Gasteiger partial charge in [-0.2, -0.15) is 0 Å². The van der Waals surface area contributed by atoms with E-state index in [1.54, 1.807) is 0 Å². The zero-order chi connectivity index (χ0) is 12.9. The highest BCUT2D eigenvalue weighted by Gasteiger charge is 2.08. The van der Waals surface area contributed by atoms with Gasteiger partial charge >= 0.3 is 0 Å². The second-order valence-corrected chi connectivity index (χ2v) is 7.24. The highest BCUT2D eigenvalue weighted by molar-refractivity contribution is 8.00. The van der Waals surface area contributed by atoms with Gasteiger partial charge in [0.1, 0.15) is 10.9 Å². The monoisotopic (exact) mass is 278 g/mol. The molecule has 0 heterocycles. The predicted molar refractivity (Wildman–Crippen MR) is 84.0 cm³/mol. The molecule has 3 heteroatoms. The predicted octanol–water partition coefficient (Wildman–Crippen LogP) is 5.54. The van der Waals surface area contributed by atoms with Crippen LogP contribution in [-0.2, 0) is 4.74 Å². The Kier molecular flexibility index (Phi) is 13.6. The van der Waals surface area contributed by atoms with E-state index in [9.17, 15) is 0 Å². The fraction of sp³-hybridized carbons (Fsp3) is 1.00. The first-order valence-corrected chi connectivity index (χ1v) is 9.19. The van der Waals surface area contributed by atoms with Crippen molar-refractivity contribution in [3.05, 3.63) is 0 Å². The Morgan fingerprint density at radius 1 is 0.765 bits per heavy atom. The topological polar surface area (TPSA) is 9.23 Å². The number of unbranched alkanes of at least 4 members (excludes halogenated alkanes) is 4. The molecule has 0 radical (unpaired) electrons. The molecular weight excluding hydrogens is 248 g/mol. The number of thioether (sulfide) groups is 2. The van der Waals surface area contributed by atoms with Gasteiger partial charge in [0.05, 0.1) is 0 Å². The molecule has 0 aromatic heterocycles. The molecule has 0 spiro atoms. The van der Waals surface area contributed by atoms with Gasteiger partial charge in [-0.1, -0.05) is 39.5 Å². The molecule has 2 unspecified atom stereocenters. The lowest BCUT2D eigenvalue weighted by atomic mass is 10.3. The molecule has 0 aliphatic rings. The normalized spacial score (nSPS) is 14.8. The van der Waals surface area contributed by atoms with Crippen LogP contribution in [0, 0.1) is 0 Å². The third kappa shape index (κ3) is 12.9. The minimum atomic E-state index is 0.348. The van der Waals surface area contributed by atoms with Crippen molar-refractivity contribution < 1.29 is 4.74 Å². The second kappa shape index (κ2) is 13.1. The Balaban J connectivity index is 3.35. The van der Waals surface area contributed by atoms with E-state index in [1.807, 2.05) is 23.5 Å². The summed E-state index contributed by atoms with van der Waals surface area (Å²) in [5.41, 5.74) is 0.695. The van der Waals surface area contributed by atoms with E-state index in [4.69, 9.17) is 4.74 Å². The molecule has 0 saturated heterocycles. The van der Waals surface area contributed by atoms with E-state index in [2.05, 4.69) is 27.7 Å². The summed E-state index contributed by atoms with van der Waals surface area (Å²) in [6, 6.07) is 0. The summed E-state index contributed by atoms with van der Waals surface area (Å²) < 4.78 is 5.94. The Bertz CT molecular complexity index is 137. The van der Waals surface area contributed by atoms with Crippen molar-refractivity contribution in [1.82, 2.24) is 0 Å².